The number of fused-ring (bicyclic) bond motifs is 1. The van der Waals surface area contributed by atoms with E-state index in [1.165, 1.54) is 34.9 Å². The number of rotatable bonds is 1. The molecule has 6 heteroatoms. The quantitative estimate of drug-likeness (QED) is 0.728. The van der Waals surface area contributed by atoms with Crippen molar-refractivity contribution < 1.29 is 13.2 Å². The highest BCUT2D eigenvalue weighted by Crippen LogP contribution is 2.36. The summed E-state index contributed by atoms with van der Waals surface area (Å²) >= 11 is 0. The molecule has 0 amide bonds. The van der Waals surface area contributed by atoms with Crippen molar-refractivity contribution in [3.8, 4) is 11.3 Å². The van der Waals surface area contributed by atoms with E-state index in [-0.39, 0.29) is 16.8 Å². The van der Waals surface area contributed by atoms with Crippen molar-refractivity contribution in [3.05, 3.63) is 64.6 Å². The molecule has 0 radical (unpaired) electrons. The first-order valence-electron chi connectivity index (χ1n) is 5.84. The molecule has 0 aliphatic carbocycles. The second-order valence-corrected chi connectivity index (χ2v) is 4.33. The van der Waals surface area contributed by atoms with Crippen molar-refractivity contribution in [2.24, 2.45) is 0 Å². The summed E-state index contributed by atoms with van der Waals surface area (Å²) in [4.78, 5) is 14.5. The van der Waals surface area contributed by atoms with Gasteiger partial charge in [-0.15, -0.1) is 0 Å². The third-order valence-electron chi connectivity index (χ3n) is 3.03. The van der Waals surface area contributed by atoms with Crippen LogP contribution < -0.4 is 5.56 Å². The van der Waals surface area contributed by atoms with E-state index >= 15 is 0 Å². The lowest BCUT2D eigenvalue weighted by molar-refractivity contribution is -0.137. The lowest BCUT2D eigenvalue weighted by Gasteiger charge is -2.10. The summed E-state index contributed by atoms with van der Waals surface area (Å²) in [5, 5.41) is 0. The zero-order valence-corrected chi connectivity index (χ0v) is 10.1. The summed E-state index contributed by atoms with van der Waals surface area (Å²) in [6.45, 7) is 0. The fourth-order valence-corrected chi connectivity index (χ4v) is 2.14. The highest BCUT2D eigenvalue weighted by Gasteiger charge is 2.33. The van der Waals surface area contributed by atoms with Gasteiger partial charge in [-0.1, -0.05) is 24.3 Å². The molecule has 3 aromatic rings. The van der Waals surface area contributed by atoms with E-state index in [2.05, 4.69) is 4.98 Å². The molecule has 1 N–H and O–H groups in total. The number of aromatic nitrogens is 2. The summed E-state index contributed by atoms with van der Waals surface area (Å²) in [6.07, 6.45) is -3.07. The predicted octanol–water partition coefficient (Wildman–Crippen LogP) is 3.31. The molecular formula is C14H9F3N2O. The van der Waals surface area contributed by atoms with Gasteiger partial charge < -0.3 is 4.98 Å². The van der Waals surface area contributed by atoms with Gasteiger partial charge in [0.05, 0.1) is 11.3 Å². The van der Waals surface area contributed by atoms with E-state index in [1.807, 2.05) is 0 Å². The Morgan fingerprint density at radius 2 is 1.75 bits per heavy atom. The maximum absolute atomic E-state index is 13.0. The van der Waals surface area contributed by atoms with Gasteiger partial charge in [-0.2, -0.15) is 13.2 Å². The SMILES string of the molecule is O=c1cccc2[nH]c(-c3ccccc3C(F)(F)F)cn12. The van der Waals surface area contributed by atoms with Gasteiger partial charge in [0.25, 0.3) is 5.56 Å². The zero-order chi connectivity index (χ0) is 14.3. The minimum Gasteiger partial charge on any atom is -0.340 e. The molecule has 0 spiro atoms. The van der Waals surface area contributed by atoms with Crippen LogP contribution in [0.25, 0.3) is 16.9 Å². The normalized spacial score (nSPS) is 11.9. The second kappa shape index (κ2) is 4.26. The van der Waals surface area contributed by atoms with Crippen LogP contribution in [0.4, 0.5) is 13.2 Å². The number of hydrogen-bond acceptors (Lipinski definition) is 1. The fourth-order valence-electron chi connectivity index (χ4n) is 2.14. The minimum atomic E-state index is -4.45. The number of aromatic amines is 1. The van der Waals surface area contributed by atoms with E-state index in [4.69, 9.17) is 0 Å². The van der Waals surface area contributed by atoms with E-state index in [0.29, 0.717) is 5.65 Å². The number of alkyl halides is 3. The maximum atomic E-state index is 13.0. The molecule has 3 rings (SSSR count). The molecule has 20 heavy (non-hydrogen) atoms. The average molecular weight is 278 g/mol. The number of nitrogens with one attached hydrogen (secondary N) is 1. The van der Waals surface area contributed by atoms with E-state index in [9.17, 15) is 18.0 Å². The van der Waals surface area contributed by atoms with Gasteiger partial charge in [0, 0.05) is 17.8 Å². The molecule has 0 bridgehead atoms. The largest absolute Gasteiger partial charge is 0.417 e. The van der Waals surface area contributed by atoms with Crippen LogP contribution in [0.1, 0.15) is 5.56 Å². The number of nitrogens with zero attached hydrogens (tertiary/aromatic N) is 1. The standard InChI is InChI=1S/C14H9F3N2O/c15-14(16,17)10-5-2-1-4-9(10)11-8-19-12(18-11)6-3-7-13(19)20/h1-8,18H. The van der Waals surface area contributed by atoms with Crippen molar-refractivity contribution >= 4 is 5.65 Å². The number of benzene rings is 1. The molecule has 0 fully saturated rings. The van der Waals surface area contributed by atoms with Crippen LogP contribution in [0.2, 0.25) is 0 Å². The highest BCUT2D eigenvalue weighted by molar-refractivity contribution is 5.66. The Morgan fingerprint density at radius 1 is 1.00 bits per heavy atom. The van der Waals surface area contributed by atoms with Gasteiger partial charge in [-0.3, -0.25) is 9.20 Å². The Balaban J connectivity index is 2.27. The Hall–Kier alpha value is -2.50. The van der Waals surface area contributed by atoms with Gasteiger partial charge in [-0.25, -0.2) is 0 Å². The van der Waals surface area contributed by atoms with Crippen LogP contribution in [0, 0.1) is 0 Å². The zero-order valence-electron chi connectivity index (χ0n) is 10.1. The first-order valence-corrected chi connectivity index (χ1v) is 5.84. The Kier molecular flexibility index (Phi) is 2.67. The average Bonchev–Trinajstić information content (AvgIpc) is 2.83. The van der Waals surface area contributed by atoms with Crippen LogP contribution in [-0.4, -0.2) is 9.38 Å². The van der Waals surface area contributed by atoms with Crippen LogP contribution in [0.15, 0.2) is 53.5 Å². The Labute approximate surface area is 111 Å². The van der Waals surface area contributed by atoms with E-state index in [0.717, 1.165) is 6.07 Å². The molecule has 2 aromatic heterocycles. The minimum absolute atomic E-state index is 0.0168. The van der Waals surface area contributed by atoms with Crippen molar-refractivity contribution in [2.45, 2.75) is 6.18 Å². The molecule has 2 heterocycles. The Bertz CT molecular complexity index is 830. The van der Waals surface area contributed by atoms with Crippen LogP contribution in [0.3, 0.4) is 0 Å². The third kappa shape index (κ3) is 1.99. The summed E-state index contributed by atoms with van der Waals surface area (Å²) in [6, 6.07) is 9.77. The van der Waals surface area contributed by atoms with Crippen molar-refractivity contribution in [1.29, 1.82) is 0 Å². The molecule has 3 nitrogen and oxygen atoms in total. The number of halogens is 3. The molecule has 0 aliphatic heterocycles. The predicted molar refractivity (Wildman–Crippen MR) is 68.5 cm³/mol. The van der Waals surface area contributed by atoms with Crippen LogP contribution in [0.5, 0.6) is 0 Å². The fraction of sp³-hybridized carbons (Fsp3) is 0.0714. The summed E-state index contributed by atoms with van der Waals surface area (Å²) in [5.74, 6) is 0. The molecule has 0 saturated heterocycles. The number of hydrogen-bond donors (Lipinski definition) is 1. The van der Waals surface area contributed by atoms with Gasteiger partial charge in [0.15, 0.2) is 0 Å². The molecule has 0 atom stereocenters. The molecule has 0 aliphatic rings. The highest BCUT2D eigenvalue weighted by atomic mass is 19.4. The van der Waals surface area contributed by atoms with Crippen molar-refractivity contribution in [1.82, 2.24) is 9.38 Å². The summed E-state index contributed by atoms with van der Waals surface area (Å²) in [5.41, 5.74) is -0.317. The smallest absolute Gasteiger partial charge is 0.340 e. The van der Waals surface area contributed by atoms with Gasteiger partial charge in [-0.05, 0) is 12.1 Å². The lowest BCUT2D eigenvalue weighted by atomic mass is 10.1. The third-order valence-corrected chi connectivity index (χ3v) is 3.03. The van der Waals surface area contributed by atoms with Crippen molar-refractivity contribution in [3.63, 3.8) is 0 Å². The van der Waals surface area contributed by atoms with Crippen molar-refractivity contribution in [2.75, 3.05) is 0 Å². The first-order chi connectivity index (χ1) is 9.47. The summed E-state index contributed by atoms with van der Waals surface area (Å²) < 4.78 is 40.2. The molecule has 0 unspecified atom stereocenters. The van der Waals surface area contributed by atoms with E-state index in [1.54, 1.807) is 12.1 Å². The van der Waals surface area contributed by atoms with Gasteiger partial charge in [0.1, 0.15) is 5.65 Å². The summed E-state index contributed by atoms with van der Waals surface area (Å²) in [7, 11) is 0. The Morgan fingerprint density at radius 3 is 2.45 bits per heavy atom. The number of pyridine rings is 1. The molecule has 1 aromatic carbocycles. The topological polar surface area (TPSA) is 37.3 Å². The van der Waals surface area contributed by atoms with Gasteiger partial charge in [0.2, 0.25) is 0 Å². The van der Waals surface area contributed by atoms with Crippen LogP contribution >= 0.6 is 0 Å². The van der Waals surface area contributed by atoms with Gasteiger partial charge >= 0.3 is 6.18 Å². The number of H-pyrrole nitrogens is 1. The molecule has 0 saturated carbocycles. The van der Waals surface area contributed by atoms with E-state index < -0.39 is 11.7 Å². The monoisotopic (exact) mass is 278 g/mol. The maximum Gasteiger partial charge on any atom is 0.417 e. The number of imidazole rings is 1. The van der Waals surface area contributed by atoms with Crippen LogP contribution in [-0.2, 0) is 6.18 Å². The molecule has 102 valence electrons. The first kappa shape index (κ1) is 12.5. The second-order valence-electron chi connectivity index (χ2n) is 4.33. The lowest BCUT2D eigenvalue weighted by Crippen LogP contribution is -2.08. The molecular weight excluding hydrogens is 269 g/mol.